The van der Waals surface area contributed by atoms with Crippen LogP contribution in [0.25, 0.3) is 33.5 Å². The van der Waals surface area contributed by atoms with E-state index in [1.807, 2.05) is 18.2 Å². The van der Waals surface area contributed by atoms with Crippen molar-refractivity contribution in [1.82, 2.24) is 15.6 Å². The number of fused-ring (bicyclic) bond motifs is 2. The molecule has 12 heteroatoms. The van der Waals surface area contributed by atoms with Crippen LogP contribution in [0.2, 0.25) is 0 Å². The van der Waals surface area contributed by atoms with Gasteiger partial charge in [-0.05, 0) is 90.3 Å². The SMILES string of the molecule is CCN(CC)c1ccc2cc(-c3nc4cc(C(=O)NCCCCC(NC(=O)OC(C)(C)C)C(=O)O)ccc4o3)c(=O)oc2c1. The van der Waals surface area contributed by atoms with Crippen LogP contribution in [0.4, 0.5) is 10.5 Å². The zero-order valence-electron chi connectivity index (χ0n) is 25.6. The largest absolute Gasteiger partial charge is 0.480 e. The molecule has 0 spiro atoms. The summed E-state index contributed by atoms with van der Waals surface area (Å²) >= 11 is 0. The van der Waals surface area contributed by atoms with Gasteiger partial charge < -0.3 is 34.2 Å². The lowest BCUT2D eigenvalue weighted by atomic mass is 10.1. The van der Waals surface area contributed by atoms with E-state index in [1.54, 1.807) is 45.0 Å². The van der Waals surface area contributed by atoms with Crippen molar-refractivity contribution in [1.29, 1.82) is 0 Å². The van der Waals surface area contributed by atoms with E-state index < -0.39 is 29.3 Å². The molecule has 1 unspecified atom stereocenters. The Kier molecular flexibility index (Phi) is 9.92. The van der Waals surface area contributed by atoms with E-state index in [0.717, 1.165) is 24.2 Å². The van der Waals surface area contributed by atoms with Gasteiger partial charge in [0.25, 0.3) is 5.91 Å². The minimum atomic E-state index is -1.16. The zero-order valence-corrected chi connectivity index (χ0v) is 25.6. The number of amides is 2. The molecule has 4 aromatic rings. The molecule has 12 nitrogen and oxygen atoms in total. The summed E-state index contributed by atoms with van der Waals surface area (Å²) in [6.45, 7) is 11.1. The van der Waals surface area contributed by atoms with E-state index >= 15 is 0 Å². The van der Waals surface area contributed by atoms with Gasteiger partial charge in [-0.3, -0.25) is 4.79 Å². The molecule has 44 heavy (non-hydrogen) atoms. The molecule has 0 radical (unpaired) electrons. The lowest BCUT2D eigenvalue weighted by Gasteiger charge is -2.22. The molecule has 2 aromatic carbocycles. The summed E-state index contributed by atoms with van der Waals surface area (Å²) in [5.41, 5.74) is 1.45. The van der Waals surface area contributed by atoms with E-state index in [-0.39, 0.29) is 23.8 Å². The average molecular weight is 607 g/mol. The maximum absolute atomic E-state index is 12.9. The second-order valence-electron chi connectivity index (χ2n) is 11.3. The fourth-order valence-electron chi connectivity index (χ4n) is 4.70. The summed E-state index contributed by atoms with van der Waals surface area (Å²) in [5.74, 6) is -1.41. The van der Waals surface area contributed by atoms with Gasteiger partial charge >= 0.3 is 17.7 Å². The van der Waals surface area contributed by atoms with Crippen LogP contribution in [0, 0.1) is 0 Å². The predicted molar refractivity (Wildman–Crippen MR) is 166 cm³/mol. The van der Waals surface area contributed by atoms with E-state index in [2.05, 4.69) is 34.4 Å². The zero-order chi connectivity index (χ0) is 32.0. The predicted octanol–water partition coefficient (Wildman–Crippen LogP) is 5.33. The van der Waals surface area contributed by atoms with Crippen LogP contribution >= 0.6 is 0 Å². The van der Waals surface area contributed by atoms with Gasteiger partial charge in [0.1, 0.15) is 28.3 Å². The van der Waals surface area contributed by atoms with Crippen LogP contribution in [-0.2, 0) is 9.53 Å². The van der Waals surface area contributed by atoms with Crippen LogP contribution in [0.15, 0.2) is 56.1 Å². The van der Waals surface area contributed by atoms with Crippen molar-refractivity contribution < 1.29 is 33.1 Å². The Morgan fingerprint density at radius 1 is 1.00 bits per heavy atom. The molecule has 4 rings (SSSR count). The third-order valence-corrected chi connectivity index (χ3v) is 6.92. The Labute approximate surface area is 254 Å². The van der Waals surface area contributed by atoms with Gasteiger partial charge in [-0.1, -0.05) is 0 Å². The number of alkyl carbamates (subject to hydrolysis) is 1. The fourth-order valence-corrected chi connectivity index (χ4v) is 4.70. The quantitative estimate of drug-likeness (QED) is 0.142. The standard InChI is InChI=1S/C32H38N4O8/c1-6-36(7-2)21-13-11-19-16-22(30(40)43-26(19)18-21)28-34-24-17-20(12-14-25(24)42-28)27(37)33-15-9-8-10-23(29(38)39)35-31(41)44-32(3,4)5/h11-14,16-18,23H,6-10,15H2,1-5H3,(H,33,37)(H,35,41)(H,38,39). The normalized spacial score (nSPS) is 12.2. The average Bonchev–Trinajstić information content (AvgIpc) is 3.38. The molecule has 234 valence electrons. The van der Waals surface area contributed by atoms with Crippen LogP contribution in [0.1, 0.15) is 64.2 Å². The molecule has 0 saturated carbocycles. The molecule has 3 N–H and O–H groups in total. The number of aliphatic carboxylic acids is 1. The van der Waals surface area contributed by atoms with Crippen molar-refractivity contribution in [2.75, 3.05) is 24.5 Å². The minimum Gasteiger partial charge on any atom is -0.480 e. The van der Waals surface area contributed by atoms with Crippen LogP contribution in [0.3, 0.4) is 0 Å². The lowest BCUT2D eigenvalue weighted by molar-refractivity contribution is -0.139. The van der Waals surface area contributed by atoms with Gasteiger partial charge in [0, 0.05) is 42.3 Å². The van der Waals surface area contributed by atoms with Gasteiger partial charge in [-0.2, -0.15) is 0 Å². The molecule has 2 aromatic heterocycles. The summed E-state index contributed by atoms with van der Waals surface area (Å²) in [6, 6.07) is 11.1. The van der Waals surface area contributed by atoms with Crippen molar-refractivity contribution in [3.8, 4) is 11.5 Å². The number of hydrogen-bond donors (Lipinski definition) is 3. The van der Waals surface area contributed by atoms with Crippen LogP contribution < -0.4 is 21.2 Å². The number of benzene rings is 2. The molecule has 2 amide bonds. The smallest absolute Gasteiger partial charge is 0.408 e. The molecule has 1 atom stereocenters. The highest BCUT2D eigenvalue weighted by Crippen LogP contribution is 2.27. The number of carboxylic acids is 1. The second-order valence-corrected chi connectivity index (χ2v) is 11.3. The number of anilines is 1. The number of ether oxygens (including phenoxy) is 1. The summed E-state index contributed by atoms with van der Waals surface area (Å²) in [7, 11) is 0. The number of nitrogens with zero attached hydrogens (tertiary/aromatic N) is 2. The number of hydrogen-bond acceptors (Lipinski definition) is 9. The summed E-state index contributed by atoms with van der Waals surface area (Å²) in [6.07, 6.45) is 0.327. The first-order valence-corrected chi connectivity index (χ1v) is 14.6. The van der Waals surface area contributed by atoms with Crippen molar-refractivity contribution in [3.05, 3.63) is 58.4 Å². The van der Waals surface area contributed by atoms with Gasteiger partial charge in [0.15, 0.2) is 5.58 Å². The highest BCUT2D eigenvalue weighted by atomic mass is 16.6. The van der Waals surface area contributed by atoms with Gasteiger partial charge in [0.05, 0.1) is 0 Å². The Morgan fingerprint density at radius 3 is 2.43 bits per heavy atom. The summed E-state index contributed by atoms with van der Waals surface area (Å²) < 4.78 is 16.6. The lowest BCUT2D eigenvalue weighted by Crippen LogP contribution is -2.43. The first-order chi connectivity index (χ1) is 20.9. The molecule has 0 saturated heterocycles. The Morgan fingerprint density at radius 2 is 1.75 bits per heavy atom. The van der Waals surface area contributed by atoms with Gasteiger partial charge in [-0.15, -0.1) is 0 Å². The van der Waals surface area contributed by atoms with Crippen molar-refractivity contribution >= 4 is 45.7 Å². The Bertz CT molecular complexity index is 1720. The molecule has 0 aliphatic heterocycles. The van der Waals surface area contributed by atoms with Gasteiger partial charge in [0.2, 0.25) is 5.89 Å². The molecular weight excluding hydrogens is 568 g/mol. The number of carbonyl (C=O) groups is 3. The van der Waals surface area contributed by atoms with E-state index in [1.165, 1.54) is 0 Å². The number of carbonyl (C=O) groups excluding carboxylic acids is 2. The molecule has 0 aliphatic carbocycles. The number of oxazole rings is 1. The van der Waals surface area contributed by atoms with E-state index in [9.17, 15) is 24.3 Å². The second kappa shape index (κ2) is 13.6. The molecule has 2 heterocycles. The number of nitrogens with one attached hydrogen (secondary N) is 2. The third-order valence-electron chi connectivity index (χ3n) is 6.92. The fraction of sp³-hybridized carbons (Fsp3) is 0.406. The summed E-state index contributed by atoms with van der Waals surface area (Å²) in [5, 5.41) is 15.3. The van der Waals surface area contributed by atoms with Crippen LogP contribution in [0.5, 0.6) is 0 Å². The molecule has 0 bridgehead atoms. The maximum Gasteiger partial charge on any atom is 0.408 e. The topological polar surface area (TPSA) is 164 Å². The molecule has 0 aliphatic rings. The number of carboxylic acid groups (broad SMARTS) is 1. The van der Waals surface area contributed by atoms with E-state index in [0.29, 0.717) is 41.6 Å². The highest BCUT2D eigenvalue weighted by Gasteiger charge is 2.23. The van der Waals surface area contributed by atoms with E-state index in [4.69, 9.17) is 13.6 Å². The number of aromatic nitrogens is 1. The van der Waals surface area contributed by atoms with Gasteiger partial charge in [-0.25, -0.2) is 19.4 Å². The minimum absolute atomic E-state index is 0.0917. The first-order valence-electron chi connectivity index (χ1n) is 14.6. The number of rotatable bonds is 12. The Hall–Kier alpha value is -4.87. The Balaban J connectivity index is 1.37. The molecular formula is C32H38N4O8. The summed E-state index contributed by atoms with van der Waals surface area (Å²) in [4.78, 5) is 55.6. The third kappa shape index (κ3) is 7.94. The van der Waals surface area contributed by atoms with Crippen molar-refractivity contribution in [2.24, 2.45) is 0 Å². The van der Waals surface area contributed by atoms with Crippen molar-refractivity contribution in [3.63, 3.8) is 0 Å². The first kappa shape index (κ1) is 32.1. The number of unbranched alkanes of at least 4 members (excludes halogenated alkanes) is 1. The monoisotopic (exact) mass is 606 g/mol. The highest BCUT2D eigenvalue weighted by molar-refractivity contribution is 5.97. The van der Waals surface area contributed by atoms with Crippen molar-refractivity contribution in [2.45, 2.75) is 65.5 Å². The maximum atomic E-state index is 12.9. The molecule has 0 fully saturated rings. The van der Waals surface area contributed by atoms with Crippen LogP contribution in [-0.4, -0.2) is 59.3 Å².